The lowest BCUT2D eigenvalue weighted by atomic mass is 10.1. The van der Waals surface area contributed by atoms with Crippen LogP contribution in [0.1, 0.15) is 27.6 Å². The molecule has 0 aliphatic carbocycles. The van der Waals surface area contributed by atoms with Crippen LogP contribution in [0.25, 0.3) is 0 Å². The van der Waals surface area contributed by atoms with Crippen molar-refractivity contribution in [2.75, 3.05) is 20.8 Å². The molecule has 0 saturated heterocycles. The fourth-order valence-electron chi connectivity index (χ4n) is 2.04. The molecule has 0 atom stereocenters. The molecule has 0 amide bonds. The van der Waals surface area contributed by atoms with E-state index in [2.05, 4.69) is 0 Å². The largest absolute Gasteiger partial charge is 0.497 e. The van der Waals surface area contributed by atoms with Crippen molar-refractivity contribution in [1.82, 2.24) is 0 Å². The molecule has 0 saturated carbocycles. The molecule has 2 aromatic carbocycles. The molecule has 0 fully saturated rings. The van der Waals surface area contributed by atoms with Gasteiger partial charge in [0.25, 0.3) is 0 Å². The van der Waals surface area contributed by atoms with Crippen LogP contribution in [-0.2, 0) is 0 Å². The van der Waals surface area contributed by atoms with Crippen molar-refractivity contribution >= 4 is 11.6 Å². The number of methoxy groups -OCH3 is 2. The Morgan fingerprint density at radius 3 is 2.13 bits per heavy atom. The third-order valence-electron chi connectivity index (χ3n) is 3.34. The topological polar surface area (TPSA) is 61.8 Å². The van der Waals surface area contributed by atoms with Gasteiger partial charge in [-0.05, 0) is 43.3 Å². The Morgan fingerprint density at radius 1 is 0.913 bits per heavy atom. The van der Waals surface area contributed by atoms with Crippen molar-refractivity contribution in [3.8, 4) is 17.2 Å². The van der Waals surface area contributed by atoms with Gasteiger partial charge in [0, 0.05) is 11.6 Å². The lowest BCUT2D eigenvalue weighted by Gasteiger charge is -2.10. The number of hydrogen-bond acceptors (Lipinski definition) is 5. The number of carbonyl (C=O) groups excluding carboxylic acids is 2. The summed E-state index contributed by atoms with van der Waals surface area (Å²) < 4.78 is 15.8. The maximum Gasteiger partial charge on any atom is 0.203 e. The van der Waals surface area contributed by atoms with Crippen LogP contribution < -0.4 is 14.2 Å². The van der Waals surface area contributed by atoms with Gasteiger partial charge in [-0.3, -0.25) is 9.59 Å². The summed E-state index contributed by atoms with van der Waals surface area (Å²) >= 11 is 0. The third-order valence-corrected chi connectivity index (χ3v) is 3.34. The molecule has 0 aliphatic heterocycles. The molecule has 120 valence electrons. The van der Waals surface area contributed by atoms with Gasteiger partial charge in [-0.15, -0.1) is 0 Å². The molecule has 5 heteroatoms. The molecular weight excluding hydrogens is 296 g/mol. The molecule has 0 aromatic heterocycles. The molecule has 0 aliphatic rings. The van der Waals surface area contributed by atoms with Gasteiger partial charge in [0.15, 0.2) is 12.4 Å². The quantitative estimate of drug-likeness (QED) is 0.735. The van der Waals surface area contributed by atoms with Crippen molar-refractivity contribution in [3.63, 3.8) is 0 Å². The van der Waals surface area contributed by atoms with Crippen LogP contribution in [0.15, 0.2) is 42.5 Å². The zero-order valence-electron chi connectivity index (χ0n) is 13.3. The second kappa shape index (κ2) is 7.45. The molecule has 0 bridgehead atoms. The van der Waals surface area contributed by atoms with Crippen LogP contribution in [0.5, 0.6) is 17.2 Å². The van der Waals surface area contributed by atoms with Gasteiger partial charge in [-0.1, -0.05) is 0 Å². The van der Waals surface area contributed by atoms with E-state index in [-0.39, 0.29) is 18.2 Å². The summed E-state index contributed by atoms with van der Waals surface area (Å²) in [6.45, 7) is 1.37. The lowest BCUT2D eigenvalue weighted by molar-refractivity contribution is 0.0917. The van der Waals surface area contributed by atoms with E-state index in [0.29, 0.717) is 28.4 Å². The van der Waals surface area contributed by atoms with E-state index in [1.807, 2.05) is 0 Å². The fourth-order valence-corrected chi connectivity index (χ4v) is 2.04. The van der Waals surface area contributed by atoms with Crippen LogP contribution >= 0.6 is 0 Å². The molecule has 0 radical (unpaired) electrons. The van der Waals surface area contributed by atoms with E-state index >= 15 is 0 Å². The standard InChI is InChI=1S/C18H18O5/c1-12(19)13-4-6-14(7-5-13)23-11-17(20)16-9-8-15(21-2)10-18(16)22-3/h4-10H,11H2,1-3H3. The molecule has 0 spiro atoms. The number of hydrogen-bond donors (Lipinski definition) is 0. The Hall–Kier alpha value is -2.82. The molecule has 0 heterocycles. The molecular formula is C18H18O5. The van der Waals surface area contributed by atoms with Crippen molar-refractivity contribution in [1.29, 1.82) is 0 Å². The second-order valence-corrected chi connectivity index (χ2v) is 4.86. The zero-order valence-corrected chi connectivity index (χ0v) is 13.3. The van der Waals surface area contributed by atoms with Gasteiger partial charge in [0.05, 0.1) is 19.8 Å². The van der Waals surface area contributed by atoms with Gasteiger partial charge in [-0.25, -0.2) is 0 Å². The number of Topliss-reactive ketones (excluding diaryl/α,β-unsaturated/α-hetero) is 2. The van der Waals surface area contributed by atoms with E-state index in [1.54, 1.807) is 49.6 Å². The highest BCUT2D eigenvalue weighted by atomic mass is 16.5. The van der Waals surface area contributed by atoms with Gasteiger partial charge in [0.1, 0.15) is 17.2 Å². The Labute approximate surface area is 134 Å². The molecule has 23 heavy (non-hydrogen) atoms. The van der Waals surface area contributed by atoms with Crippen LogP contribution in [0.3, 0.4) is 0 Å². The van der Waals surface area contributed by atoms with Crippen molar-refractivity contribution in [2.45, 2.75) is 6.92 Å². The van der Waals surface area contributed by atoms with Gasteiger partial charge in [0.2, 0.25) is 5.78 Å². The smallest absolute Gasteiger partial charge is 0.203 e. The Morgan fingerprint density at radius 2 is 1.57 bits per heavy atom. The maximum absolute atomic E-state index is 12.3. The summed E-state index contributed by atoms with van der Waals surface area (Å²) in [4.78, 5) is 23.5. The van der Waals surface area contributed by atoms with Crippen molar-refractivity contribution in [2.24, 2.45) is 0 Å². The SMILES string of the molecule is COc1ccc(C(=O)COc2ccc(C(C)=O)cc2)c(OC)c1. The Balaban J connectivity index is 2.06. The predicted octanol–water partition coefficient (Wildman–Crippen LogP) is 3.17. The van der Waals surface area contributed by atoms with Crippen LogP contribution in [0.4, 0.5) is 0 Å². The number of rotatable bonds is 7. The van der Waals surface area contributed by atoms with Gasteiger partial charge < -0.3 is 14.2 Å². The number of ether oxygens (including phenoxy) is 3. The first-order chi connectivity index (χ1) is 11.0. The summed E-state index contributed by atoms with van der Waals surface area (Å²) in [6.07, 6.45) is 0. The highest BCUT2D eigenvalue weighted by Gasteiger charge is 2.14. The lowest BCUT2D eigenvalue weighted by Crippen LogP contribution is -2.13. The minimum Gasteiger partial charge on any atom is -0.497 e. The van der Waals surface area contributed by atoms with Crippen molar-refractivity contribution < 1.29 is 23.8 Å². The van der Waals surface area contributed by atoms with Crippen molar-refractivity contribution in [3.05, 3.63) is 53.6 Å². The summed E-state index contributed by atoms with van der Waals surface area (Å²) in [6, 6.07) is 11.6. The first kappa shape index (κ1) is 16.5. The van der Waals surface area contributed by atoms with Crippen LogP contribution in [0.2, 0.25) is 0 Å². The molecule has 0 N–H and O–H groups in total. The second-order valence-electron chi connectivity index (χ2n) is 4.86. The third kappa shape index (κ3) is 4.10. The number of benzene rings is 2. The summed E-state index contributed by atoms with van der Waals surface area (Å²) in [5, 5.41) is 0. The molecule has 0 unspecified atom stereocenters. The Bertz CT molecular complexity index is 704. The van der Waals surface area contributed by atoms with Crippen LogP contribution in [0, 0.1) is 0 Å². The normalized spacial score (nSPS) is 10.0. The molecule has 2 rings (SSSR count). The average molecular weight is 314 g/mol. The minimum atomic E-state index is -0.208. The number of ketones is 2. The first-order valence-corrected chi connectivity index (χ1v) is 7.04. The molecule has 2 aromatic rings. The minimum absolute atomic E-state index is 0.0180. The van der Waals surface area contributed by atoms with Crippen LogP contribution in [-0.4, -0.2) is 32.4 Å². The number of carbonyl (C=O) groups is 2. The summed E-state index contributed by atoms with van der Waals surface area (Å²) in [5.41, 5.74) is 1.02. The van der Waals surface area contributed by atoms with E-state index in [1.165, 1.54) is 14.0 Å². The predicted molar refractivity (Wildman–Crippen MR) is 85.8 cm³/mol. The average Bonchev–Trinajstić information content (AvgIpc) is 2.59. The van der Waals surface area contributed by atoms with E-state index in [9.17, 15) is 9.59 Å². The highest BCUT2D eigenvalue weighted by molar-refractivity contribution is 6.00. The summed E-state index contributed by atoms with van der Waals surface area (Å²) in [7, 11) is 3.04. The highest BCUT2D eigenvalue weighted by Crippen LogP contribution is 2.25. The first-order valence-electron chi connectivity index (χ1n) is 7.04. The fraction of sp³-hybridized carbons (Fsp3) is 0.222. The monoisotopic (exact) mass is 314 g/mol. The zero-order chi connectivity index (χ0) is 16.8. The van der Waals surface area contributed by atoms with Gasteiger partial charge >= 0.3 is 0 Å². The van der Waals surface area contributed by atoms with E-state index in [4.69, 9.17) is 14.2 Å². The maximum atomic E-state index is 12.3. The molecule has 5 nitrogen and oxygen atoms in total. The van der Waals surface area contributed by atoms with E-state index < -0.39 is 0 Å². The summed E-state index contributed by atoms with van der Waals surface area (Å²) in [5.74, 6) is 1.34. The van der Waals surface area contributed by atoms with Gasteiger partial charge in [-0.2, -0.15) is 0 Å². The Kier molecular flexibility index (Phi) is 5.36. The van der Waals surface area contributed by atoms with E-state index in [0.717, 1.165) is 0 Å².